The van der Waals surface area contributed by atoms with Crippen molar-refractivity contribution in [2.75, 3.05) is 0 Å². The minimum atomic E-state index is -5.58. The van der Waals surface area contributed by atoms with Crippen LogP contribution in [0.5, 0.6) is 0 Å². The first-order valence-electron chi connectivity index (χ1n) is 6.67. The van der Waals surface area contributed by atoms with E-state index in [9.17, 15) is 30.7 Å². The molecule has 12 heteroatoms. The number of benzene rings is 2. The third kappa shape index (κ3) is 5.95. The number of aryl methyl sites for hydroxylation is 1. The average Bonchev–Trinajstić information content (AvgIpc) is 2.56. The molecular weight excluding hydrogens is 525 g/mol. The fourth-order valence-electron chi connectivity index (χ4n) is 1.89. The van der Waals surface area contributed by atoms with Gasteiger partial charge in [-0.2, -0.15) is 0 Å². The average molecular weight is 532 g/mol. The molecule has 0 unspecified atom stereocenters. The van der Waals surface area contributed by atoms with Crippen LogP contribution in [0, 0.1) is 30.2 Å². The molecule has 0 bridgehead atoms. The van der Waals surface area contributed by atoms with E-state index in [4.69, 9.17) is 18.6 Å². The van der Waals surface area contributed by atoms with Gasteiger partial charge in [-0.1, -0.05) is 0 Å². The van der Waals surface area contributed by atoms with Gasteiger partial charge in [-0.05, 0) is 0 Å². The molecule has 0 atom stereocenters. The summed E-state index contributed by atoms with van der Waals surface area (Å²) in [4.78, 5) is 3.28. The molecule has 0 spiro atoms. The number of rotatable bonds is 2. The van der Waals surface area contributed by atoms with E-state index in [2.05, 4.69) is 21.0 Å². The van der Waals surface area contributed by atoms with Crippen molar-refractivity contribution in [2.24, 2.45) is 4.99 Å². The standard InChI is InChI=1S/C15H7F7NSe.2ClH.Ti/c1-6-3-2-4-7(14(6)24)5-23-13-11(18)9(16)8(15(20,21)22)10(17)12(13)19;;;/h2-5H,1H3;2*1H;/q;;;+2/p-2. The fraction of sp³-hybridized carbons (Fsp3) is 0.133. The van der Waals surface area contributed by atoms with Crippen molar-refractivity contribution in [3.05, 3.63) is 58.2 Å². The van der Waals surface area contributed by atoms with Crippen molar-refractivity contribution in [2.45, 2.75) is 13.1 Å². The summed E-state index contributed by atoms with van der Waals surface area (Å²) in [6, 6.07) is 4.81. The topological polar surface area (TPSA) is 12.4 Å². The van der Waals surface area contributed by atoms with Gasteiger partial charge in [0.05, 0.1) is 0 Å². The van der Waals surface area contributed by atoms with Crippen LogP contribution in [0.15, 0.2) is 23.2 Å². The monoisotopic (exact) mass is 532 g/mol. The SMILES string of the molecule is Cc1cccc(C=Nc2c(F)c(F)c(C(F)(F)F)c(F)c2F)c1[Se].[Cl][Ti][Cl]. The molecule has 2 aromatic rings. The molecule has 145 valence electrons. The summed E-state index contributed by atoms with van der Waals surface area (Å²) < 4.78 is 92.4. The van der Waals surface area contributed by atoms with Crippen LogP contribution < -0.4 is 4.46 Å². The van der Waals surface area contributed by atoms with E-state index in [0.29, 0.717) is 10.0 Å². The van der Waals surface area contributed by atoms with Crippen LogP contribution in [-0.2, 0) is 23.2 Å². The van der Waals surface area contributed by atoms with Crippen LogP contribution >= 0.6 is 18.6 Å². The molecule has 0 fully saturated rings. The molecule has 0 saturated heterocycles. The number of hydrogen-bond donors (Lipinski definition) is 0. The maximum absolute atomic E-state index is 13.7. The Kier molecular flexibility index (Phi) is 9.32. The van der Waals surface area contributed by atoms with Crippen molar-refractivity contribution in [3.8, 4) is 0 Å². The molecule has 27 heavy (non-hydrogen) atoms. The van der Waals surface area contributed by atoms with E-state index in [0.717, 1.165) is 11.8 Å². The van der Waals surface area contributed by atoms with Crippen molar-refractivity contribution in [1.82, 2.24) is 0 Å². The van der Waals surface area contributed by atoms with Gasteiger partial charge in [0.2, 0.25) is 0 Å². The second-order valence-electron chi connectivity index (χ2n) is 4.80. The Bertz CT molecular complexity index is 830. The number of halogens is 9. The molecule has 2 rings (SSSR count). The quantitative estimate of drug-likeness (QED) is 0.210. The van der Waals surface area contributed by atoms with Crippen molar-refractivity contribution in [3.63, 3.8) is 0 Å². The van der Waals surface area contributed by atoms with Gasteiger partial charge in [-0.15, -0.1) is 0 Å². The van der Waals surface area contributed by atoms with E-state index in [1.165, 1.54) is 6.07 Å². The second kappa shape index (κ2) is 10.3. The molecule has 0 heterocycles. The van der Waals surface area contributed by atoms with Gasteiger partial charge in [-0.25, -0.2) is 0 Å². The van der Waals surface area contributed by atoms with Gasteiger partial charge < -0.3 is 0 Å². The van der Waals surface area contributed by atoms with Crippen LogP contribution in [0.3, 0.4) is 0 Å². The normalized spacial score (nSPS) is 11.3. The molecule has 0 N–H and O–H groups in total. The van der Waals surface area contributed by atoms with Crippen LogP contribution in [-0.4, -0.2) is 22.2 Å². The van der Waals surface area contributed by atoms with E-state index in [1.807, 2.05) is 0 Å². The number of hydrogen-bond acceptors (Lipinski definition) is 1. The first kappa shape index (κ1) is 24.5. The summed E-state index contributed by atoms with van der Waals surface area (Å²) in [5, 5.41) is 0. The van der Waals surface area contributed by atoms with E-state index in [-0.39, 0.29) is 0 Å². The van der Waals surface area contributed by atoms with E-state index < -0.39 is 57.7 Å². The van der Waals surface area contributed by atoms with Crippen LogP contribution in [0.4, 0.5) is 36.4 Å². The molecule has 0 amide bonds. The zero-order chi connectivity index (χ0) is 20.9. The summed E-state index contributed by atoms with van der Waals surface area (Å²) in [7, 11) is 9.78. The molecular formula is C15H7Cl2F7NSeTi. The van der Waals surface area contributed by atoms with Gasteiger partial charge in [0.1, 0.15) is 0 Å². The summed E-state index contributed by atoms with van der Waals surface area (Å²) in [5.41, 5.74) is -2.99. The van der Waals surface area contributed by atoms with Gasteiger partial charge in [0, 0.05) is 0 Å². The first-order chi connectivity index (χ1) is 12.5. The Balaban J connectivity index is 0.00000114. The van der Waals surface area contributed by atoms with Crippen LogP contribution in [0.25, 0.3) is 0 Å². The van der Waals surface area contributed by atoms with Crippen molar-refractivity contribution in [1.29, 1.82) is 0 Å². The van der Waals surface area contributed by atoms with Gasteiger partial charge in [-0.3, -0.25) is 0 Å². The first-order valence-corrected chi connectivity index (χ1v) is 11.8. The number of alkyl halides is 3. The fourth-order valence-corrected chi connectivity index (χ4v) is 2.29. The summed E-state index contributed by atoms with van der Waals surface area (Å²) in [6.45, 7) is 1.72. The summed E-state index contributed by atoms with van der Waals surface area (Å²) in [5.74, 6) is -9.51. The van der Waals surface area contributed by atoms with E-state index >= 15 is 0 Å². The third-order valence-corrected chi connectivity index (χ3v) is 4.27. The molecule has 0 aromatic heterocycles. The van der Waals surface area contributed by atoms with Crippen molar-refractivity contribution >= 4 is 51.0 Å². The molecule has 2 aromatic carbocycles. The Labute approximate surface area is 174 Å². The molecule has 0 aliphatic rings. The Morgan fingerprint density at radius 1 is 1.00 bits per heavy atom. The molecule has 0 aliphatic carbocycles. The third-order valence-electron chi connectivity index (χ3n) is 3.10. The van der Waals surface area contributed by atoms with Crippen LogP contribution in [0.1, 0.15) is 16.7 Å². The molecule has 1 radical (unpaired) electrons. The Morgan fingerprint density at radius 3 is 1.93 bits per heavy atom. The minimum absolute atomic E-state index is 0.342. The summed E-state index contributed by atoms with van der Waals surface area (Å²) in [6.07, 6.45) is -4.69. The zero-order valence-corrected chi connectivity index (χ0v) is 17.9. The van der Waals surface area contributed by atoms with Gasteiger partial charge >= 0.3 is 175 Å². The molecule has 0 saturated carbocycles. The predicted octanol–water partition coefficient (Wildman–Crippen LogP) is 5.49. The number of nitrogens with zero attached hydrogens (tertiary/aromatic N) is 1. The Hall–Kier alpha value is -0.566. The predicted molar refractivity (Wildman–Crippen MR) is 86.8 cm³/mol. The zero-order valence-electron chi connectivity index (χ0n) is 13.1. The van der Waals surface area contributed by atoms with Crippen molar-refractivity contribution < 1.29 is 47.8 Å². The Morgan fingerprint density at radius 2 is 1.48 bits per heavy atom. The van der Waals surface area contributed by atoms with Crippen LogP contribution in [0.2, 0.25) is 0 Å². The molecule has 0 aliphatic heterocycles. The van der Waals surface area contributed by atoms with Gasteiger partial charge in [0.25, 0.3) is 0 Å². The molecule has 1 nitrogen and oxygen atoms in total. The maximum atomic E-state index is 13.7. The van der Waals surface area contributed by atoms with Gasteiger partial charge in [0.15, 0.2) is 0 Å². The second-order valence-corrected chi connectivity index (χ2v) is 8.24. The summed E-state index contributed by atoms with van der Waals surface area (Å²) >= 11 is 2.12. The number of aliphatic imine (C=N–C) groups is 1. The van der Waals surface area contributed by atoms with E-state index in [1.54, 1.807) is 19.1 Å².